The van der Waals surface area contributed by atoms with E-state index in [-0.39, 0.29) is 9.52 Å². The summed E-state index contributed by atoms with van der Waals surface area (Å²) in [6, 6.07) is 19.5. The molecule has 116 valence electrons. The second-order valence-electron chi connectivity index (χ2n) is 5.24. The Balaban J connectivity index is 0.000000172. The van der Waals surface area contributed by atoms with Gasteiger partial charge in [-0.2, -0.15) is 0 Å². The van der Waals surface area contributed by atoms with Crippen LogP contribution in [-0.2, 0) is 4.74 Å². The van der Waals surface area contributed by atoms with Gasteiger partial charge in [-0.15, -0.1) is 12.3 Å². The van der Waals surface area contributed by atoms with E-state index in [2.05, 4.69) is 12.3 Å². The molecule has 1 heterocycles. The predicted molar refractivity (Wildman–Crippen MR) is 95.3 cm³/mol. The number of ether oxygens (including phenoxy) is 2. The first-order valence-electron chi connectivity index (χ1n) is 7.89. The Kier molecular flexibility index (Phi) is 7.50. The van der Waals surface area contributed by atoms with Gasteiger partial charge in [0, 0.05) is 12.3 Å². The third-order valence-corrected chi connectivity index (χ3v) is 4.93. The van der Waals surface area contributed by atoms with Gasteiger partial charge in [0.1, 0.15) is 11.5 Å². The molecule has 3 rings (SSSR count). The molecule has 2 aromatic carbocycles. The Hall–Kier alpha value is -1.84. The third kappa shape index (κ3) is 6.29. The highest BCUT2D eigenvalue weighted by Gasteiger charge is 2.11. The molecule has 2 nitrogen and oxygen atoms in total. The molecule has 0 aliphatic carbocycles. The summed E-state index contributed by atoms with van der Waals surface area (Å²) < 4.78 is 11.1. The Morgan fingerprint density at radius 2 is 1.55 bits per heavy atom. The fourth-order valence-corrected chi connectivity index (χ4v) is 3.49. The molecule has 0 bridgehead atoms. The molecule has 0 N–H and O–H groups in total. The summed E-state index contributed by atoms with van der Waals surface area (Å²) >= 11 is 0. The first-order valence-corrected chi connectivity index (χ1v) is 9.52. The zero-order valence-electron chi connectivity index (χ0n) is 13.0. The quantitative estimate of drug-likeness (QED) is 0.784. The van der Waals surface area contributed by atoms with Gasteiger partial charge in [-0.05, 0) is 43.5 Å². The van der Waals surface area contributed by atoms with E-state index in [4.69, 9.17) is 9.47 Å². The average molecular weight is 312 g/mol. The Morgan fingerprint density at radius 3 is 2.00 bits per heavy atom. The van der Waals surface area contributed by atoms with Gasteiger partial charge in [0.15, 0.2) is 0 Å². The largest absolute Gasteiger partial charge is 0.457 e. The second-order valence-corrected chi connectivity index (χ2v) is 7.20. The number of rotatable bonds is 4. The van der Waals surface area contributed by atoms with Gasteiger partial charge in [0.25, 0.3) is 0 Å². The van der Waals surface area contributed by atoms with Crippen LogP contribution < -0.4 is 4.74 Å². The van der Waals surface area contributed by atoms with Crippen molar-refractivity contribution in [2.24, 2.45) is 0 Å². The van der Waals surface area contributed by atoms with Crippen molar-refractivity contribution in [1.82, 2.24) is 0 Å². The highest BCUT2D eigenvalue weighted by atomic mass is 28.2. The van der Waals surface area contributed by atoms with E-state index in [0.717, 1.165) is 18.1 Å². The lowest BCUT2D eigenvalue weighted by molar-refractivity contribution is 0.0659. The van der Waals surface area contributed by atoms with E-state index in [0.29, 0.717) is 5.73 Å². The molecule has 1 fully saturated rings. The molecule has 22 heavy (non-hydrogen) atoms. The summed E-state index contributed by atoms with van der Waals surface area (Å²) in [6.45, 7) is 4.73. The fraction of sp³-hybridized carbons (Fsp3) is 0.263. The van der Waals surface area contributed by atoms with Crippen molar-refractivity contribution in [3.8, 4) is 11.5 Å². The van der Waals surface area contributed by atoms with Crippen molar-refractivity contribution in [2.75, 3.05) is 6.61 Å². The number of hydrogen-bond acceptors (Lipinski definition) is 2. The fourth-order valence-electron chi connectivity index (χ4n) is 2.29. The molecule has 1 atom stereocenters. The predicted octanol–water partition coefficient (Wildman–Crippen LogP) is 4.30. The minimum atomic E-state index is -0.0824. The van der Waals surface area contributed by atoms with Crippen LogP contribution in [0.4, 0.5) is 0 Å². The third-order valence-electron chi connectivity index (χ3n) is 3.43. The molecule has 0 spiro atoms. The summed E-state index contributed by atoms with van der Waals surface area (Å²) in [6.07, 6.45) is 3.92. The lowest BCUT2D eigenvalue weighted by atomic mass is 10.2. The lowest BCUT2D eigenvalue weighted by Gasteiger charge is -2.20. The highest BCUT2D eigenvalue weighted by molar-refractivity contribution is 6.43. The molecule has 0 radical (unpaired) electrons. The summed E-state index contributed by atoms with van der Waals surface area (Å²) in [5.41, 5.74) is 2.70. The van der Waals surface area contributed by atoms with Gasteiger partial charge in [-0.1, -0.05) is 36.4 Å². The van der Waals surface area contributed by atoms with Crippen molar-refractivity contribution < 1.29 is 9.47 Å². The standard InChI is InChI=1S/C12H10O.C7H14OSi/c1-3-7-11(8-4-1)13-12-9-5-2-6-10-12;1-2-9-7-5-3-4-6-8-7/h1-10H;2,7H,1,3-6,9H2. The molecule has 2 aromatic rings. The number of hydrogen-bond donors (Lipinski definition) is 0. The van der Waals surface area contributed by atoms with E-state index in [1.807, 2.05) is 60.7 Å². The van der Waals surface area contributed by atoms with Crippen LogP contribution in [0, 0.1) is 0 Å². The van der Waals surface area contributed by atoms with E-state index in [1.54, 1.807) is 0 Å². The van der Waals surface area contributed by atoms with Crippen molar-refractivity contribution in [3.05, 3.63) is 72.9 Å². The summed E-state index contributed by atoms with van der Waals surface area (Å²) in [4.78, 5) is 0. The molecular weight excluding hydrogens is 288 g/mol. The molecule has 1 unspecified atom stereocenters. The molecule has 3 heteroatoms. The van der Waals surface area contributed by atoms with Gasteiger partial charge >= 0.3 is 0 Å². The molecule has 1 saturated heterocycles. The number of benzene rings is 2. The average Bonchev–Trinajstić information content (AvgIpc) is 2.59. The van der Waals surface area contributed by atoms with Crippen LogP contribution in [0.1, 0.15) is 19.3 Å². The summed E-state index contributed by atoms with van der Waals surface area (Å²) in [5.74, 6) is 1.74. The highest BCUT2D eigenvalue weighted by Crippen LogP contribution is 2.19. The molecular formula is C19H24O2Si. The molecule has 0 amide bonds. The van der Waals surface area contributed by atoms with Gasteiger partial charge in [-0.25, -0.2) is 0 Å². The normalized spacial score (nSPS) is 17.5. The van der Waals surface area contributed by atoms with Crippen LogP contribution in [0.15, 0.2) is 72.9 Å². The van der Waals surface area contributed by atoms with Crippen molar-refractivity contribution >= 4 is 9.52 Å². The maximum Gasteiger partial charge on any atom is 0.127 e. The number of para-hydroxylation sites is 2. The lowest BCUT2D eigenvalue weighted by Crippen LogP contribution is -2.24. The molecule has 0 aromatic heterocycles. The van der Waals surface area contributed by atoms with Crippen molar-refractivity contribution in [1.29, 1.82) is 0 Å². The minimum absolute atomic E-state index is 0.0824. The van der Waals surface area contributed by atoms with Crippen LogP contribution >= 0.6 is 0 Å². The van der Waals surface area contributed by atoms with Crippen molar-refractivity contribution in [2.45, 2.75) is 25.0 Å². The van der Waals surface area contributed by atoms with Gasteiger partial charge in [0.05, 0.1) is 9.52 Å². The SMILES string of the molecule is C=C[SiH2]C1CCCCO1.c1ccc(Oc2ccccc2)cc1. The maximum absolute atomic E-state index is 5.58. The Bertz CT molecular complexity index is 484. The Morgan fingerprint density at radius 1 is 0.955 bits per heavy atom. The molecule has 0 saturated carbocycles. The zero-order chi connectivity index (χ0) is 15.5. The van der Waals surface area contributed by atoms with E-state index < -0.39 is 0 Å². The van der Waals surface area contributed by atoms with Crippen LogP contribution in [0.2, 0.25) is 0 Å². The van der Waals surface area contributed by atoms with Crippen LogP contribution in [0.5, 0.6) is 11.5 Å². The van der Waals surface area contributed by atoms with Crippen LogP contribution in [0.25, 0.3) is 0 Å². The maximum atomic E-state index is 5.58. The smallest absolute Gasteiger partial charge is 0.127 e. The van der Waals surface area contributed by atoms with Crippen molar-refractivity contribution in [3.63, 3.8) is 0 Å². The van der Waals surface area contributed by atoms with E-state index in [9.17, 15) is 0 Å². The topological polar surface area (TPSA) is 18.5 Å². The second kappa shape index (κ2) is 9.98. The van der Waals surface area contributed by atoms with E-state index >= 15 is 0 Å². The Labute approximate surface area is 135 Å². The van der Waals surface area contributed by atoms with E-state index in [1.165, 1.54) is 19.3 Å². The van der Waals surface area contributed by atoms with Gasteiger partial charge in [0.2, 0.25) is 0 Å². The minimum Gasteiger partial charge on any atom is -0.457 e. The molecule has 1 aliphatic rings. The summed E-state index contributed by atoms with van der Waals surface area (Å²) in [5, 5.41) is 0. The van der Waals surface area contributed by atoms with Crippen LogP contribution in [0.3, 0.4) is 0 Å². The zero-order valence-corrected chi connectivity index (χ0v) is 14.4. The molecule has 1 aliphatic heterocycles. The van der Waals surface area contributed by atoms with Gasteiger partial charge < -0.3 is 9.47 Å². The monoisotopic (exact) mass is 312 g/mol. The first kappa shape index (κ1) is 16.5. The van der Waals surface area contributed by atoms with Gasteiger partial charge in [-0.3, -0.25) is 0 Å². The van der Waals surface area contributed by atoms with Crippen LogP contribution in [-0.4, -0.2) is 21.9 Å². The summed E-state index contributed by atoms with van der Waals surface area (Å²) in [7, 11) is -0.0824. The first-order chi connectivity index (χ1) is 10.9.